The Hall–Kier alpha value is -1.99. The molecule has 4 heteroatoms. The minimum absolute atomic E-state index is 0.0620. The highest BCUT2D eigenvalue weighted by Crippen LogP contribution is 2.07. The van der Waals surface area contributed by atoms with Crippen molar-refractivity contribution in [1.29, 1.82) is 0 Å². The number of aliphatic hydroxyl groups excluding tert-OH is 1. The molecule has 0 aromatic heterocycles. The molecule has 0 heterocycles. The Morgan fingerprint density at radius 1 is 1.39 bits per heavy atom. The fraction of sp³-hybridized carbons (Fsp3) is 0.357. The van der Waals surface area contributed by atoms with Gasteiger partial charge in [-0.3, -0.25) is 0 Å². The number of carbonyl (C=O) groups excluding carboxylic acids is 1. The highest BCUT2D eigenvalue weighted by molar-refractivity contribution is 5.73. The number of hydrogen-bond donors (Lipinski definition) is 2. The molecule has 0 aliphatic carbocycles. The molecule has 0 saturated heterocycles. The minimum atomic E-state index is -0.131. The fourth-order valence-electron chi connectivity index (χ4n) is 1.34. The molecule has 1 rings (SSSR count). The van der Waals surface area contributed by atoms with E-state index in [0.717, 1.165) is 11.1 Å². The average molecular weight is 246 g/mol. The molecule has 2 N–H and O–H groups in total. The molecule has 1 aromatic rings. The summed E-state index contributed by atoms with van der Waals surface area (Å²) in [5.41, 5.74) is 1.85. The van der Waals surface area contributed by atoms with Gasteiger partial charge in [0, 0.05) is 32.6 Å². The van der Waals surface area contributed by atoms with Crippen molar-refractivity contribution in [3.05, 3.63) is 35.4 Å². The first-order valence-corrected chi connectivity index (χ1v) is 5.78. The average Bonchev–Trinajstić information content (AvgIpc) is 2.37. The topological polar surface area (TPSA) is 52.6 Å². The molecule has 2 amide bonds. The summed E-state index contributed by atoms with van der Waals surface area (Å²) in [6, 6.07) is 7.52. The molecule has 96 valence electrons. The Bertz CT molecular complexity index is 458. The number of nitrogens with zero attached hydrogens (tertiary/aromatic N) is 1. The van der Waals surface area contributed by atoms with E-state index in [0.29, 0.717) is 13.0 Å². The smallest absolute Gasteiger partial charge is 0.317 e. The first kappa shape index (κ1) is 14.1. The number of carbonyl (C=O) groups is 1. The fourth-order valence-corrected chi connectivity index (χ4v) is 1.34. The van der Waals surface area contributed by atoms with Crippen LogP contribution in [0.5, 0.6) is 0 Å². The maximum absolute atomic E-state index is 11.4. The number of aliphatic hydroxyl groups is 1. The molecule has 0 radical (unpaired) electrons. The van der Waals surface area contributed by atoms with Gasteiger partial charge >= 0.3 is 6.03 Å². The van der Waals surface area contributed by atoms with Crippen molar-refractivity contribution in [3.8, 4) is 11.8 Å². The lowest BCUT2D eigenvalue weighted by Crippen LogP contribution is -2.34. The Morgan fingerprint density at radius 3 is 2.78 bits per heavy atom. The van der Waals surface area contributed by atoms with Crippen LogP contribution in [-0.2, 0) is 6.54 Å². The quantitative estimate of drug-likeness (QED) is 0.787. The normalized spacial score (nSPS) is 9.28. The van der Waals surface area contributed by atoms with Crippen LogP contribution >= 0.6 is 0 Å². The van der Waals surface area contributed by atoms with E-state index >= 15 is 0 Å². The van der Waals surface area contributed by atoms with E-state index in [-0.39, 0.29) is 12.6 Å². The SMILES string of the molecule is CN(C)C(=O)NCc1ccccc1C#CCCO. The van der Waals surface area contributed by atoms with Gasteiger partial charge < -0.3 is 15.3 Å². The molecular formula is C14H18N2O2. The first-order chi connectivity index (χ1) is 8.65. The summed E-state index contributed by atoms with van der Waals surface area (Å²) in [4.78, 5) is 12.9. The van der Waals surface area contributed by atoms with Crippen LogP contribution in [0.3, 0.4) is 0 Å². The molecular weight excluding hydrogens is 228 g/mol. The van der Waals surface area contributed by atoms with Gasteiger partial charge in [0.15, 0.2) is 0 Å². The van der Waals surface area contributed by atoms with E-state index in [1.54, 1.807) is 14.1 Å². The van der Waals surface area contributed by atoms with E-state index in [9.17, 15) is 4.79 Å². The van der Waals surface area contributed by atoms with Gasteiger partial charge in [-0.25, -0.2) is 4.79 Å². The molecule has 0 bridgehead atoms. The number of hydrogen-bond acceptors (Lipinski definition) is 2. The second kappa shape index (κ2) is 7.36. The van der Waals surface area contributed by atoms with Gasteiger partial charge in [-0.15, -0.1) is 0 Å². The van der Waals surface area contributed by atoms with Crippen LogP contribution in [0.25, 0.3) is 0 Å². The molecule has 0 saturated carbocycles. The van der Waals surface area contributed by atoms with Gasteiger partial charge in [0.05, 0.1) is 6.61 Å². The highest BCUT2D eigenvalue weighted by Gasteiger charge is 2.04. The van der Waals surface area contributed by atoms with Gasteiger partial charge in [0.25, 0.3) is 0 Å². The predicted molar refractivity (Wildman–Crippen MR) is 70.9 cm³/mol. The number of rotatable bonds is 3. The van der Waals surface area contributed by atoms with Crippen molar-refractivity contribution in [1.82, 2.24) is 10.2 Å². The Kier molecular flexibility index (Phi) is 5.75. The van der Waals surface area contributed by atoms with Crippen LogP contribution in [0.15, 0.2) is 24.3 Å². The van der Waals surface area contributed by atoms with Crippen LogP contribution in [0.4, 0.5) is 4.79 Å². The van der Waals surface area contributed by atoms with Gasteiger partial charge in [0.1, 0.15) is 0 Å². The molecule has 0 aliphatic rings. The van der Waals surface area contributed by atoms with Gasteiger partial charge in [-0.2, -0.15) is 0 Å². The zero-order chi connectivity index (χ0) is 13.4. The van der Waals surface area contributed by atoms with Crippen molar-refractivity contribution in [2.45, 2.75) is 13.0 Å². The zero-order valence-corrected chi connectivity index (χ0v) is 10.7. The Morgan fingerprint density at radius 2 is 2.11 bits per heavy atom. The third kappa shape index (κ3) is 4.48. The van der Waals surface area contributed by atoms with Crippen molar-refractivity contribution in [2.75, 3.05) is 20.7 Å². The van der Waals surface area contributed by atoms with E-state index in [1.807, 2.05) is 24.3 Å². The van der Waals surface area contributed by atoms with Crippen LogP contribution in [0.1, 0.15) is 17.5 Å². The molecule has 0 fully saturated rings. The summed E-state index contributed by atoms with van der Waals surface area (Å²) in [6.45, 7) is 0.507. The van der Waals surface area contributed by atoms with Gasteiger partial charge in [-0.1, -0.05) is 30.0 Å². The lowest BCUT2D eigenvalue weighted by Gasteiger charge is -2.12. The minimum Gasteiger partial charge on any atom is -0.395 e. The second-order valence-corrected chi connectivity index (χ2v) is 3.99. The first-order valence-electron chi connectivity index (χ1n) is 5.78. The van der Waals surface area contributed by atoms with E-state index in [2.05, 4.69) is 17.2 Å². The van der Waals surface area contributed by atoms with Crippen molar-refractivity contribution in [3.63, 3.8) is 0 Å². The highest BCUT2D eigenvalue weighted by atomic mass is 16.2. The molecule has 0 spiro atoms. The van der Waals surface area contributed by atoms with Crippen molar-refractivity contribution < 1.29 is 9.90 Å². The largest absolute Gasteiger partial charge is 0.395 e. The maximum Gasteiger partial charge on any atom is 0.317 e. The lowest BCUT2D eigenvalue weighted by molar-refractivity contribution is 0.217. The van der Waals surface area contributed by atoms with Crippen LogP contribution in [-0.4, -0.2) is 36.7 Å². The monoisotopic (exact) mass is 246 g/mol. The lowest BCUT2D eigenvalue weighted by atomic mass is 10.1. The van der Waals surface area contributed by atoms with Crippen LogP contribution in [0, 0.1) is 11.8 Å². The summed E-state index contributed by atoms with van der Waals surface area (Å²) >= 11 is 0. The molecule has 18 heavy (non-hydrogen) atoms. The van der Waals surface area contributed by atoms with Crippen LogP contribution in [0.2, 0.25) is 0 Å². The van der Waals surface area contributed by atoms with Gasteiger partial charge in [0.2, 0.25) is 0 Å². The predicted octanol–water partition coefficient (Wildman–Crippen LogP) is 1.19. The van der Waals surface area contributed by atoms with E-state index in [4.69, 9.17) is 5.11 Å². The molecule has 1 aromatic carbocycles. The summed E-state index contributed by atoms with van der Waals surface area (Å²) in [7, 11) is 3.39. The number of urea groups is 1. The molecule has 4 nitrogen and oxygen atoms in total. The Balaban J connectivity index is 2.71. The number of amides is 2. The summed E-state index contributed by atoms with van der Waals surface area (Å²) < 4.78 is 0. The molecule has 0 aliphatic heterocycles. The van der Waals surface area contributed by atoms with E-state index < -0.39 is 0 Å². The standard InChI is InChI=1S/C14H18N2O2/c1-16(2)14(18)15-11-13-9-4-3-7-12(13)8-5-6-10-17/h3-4,7,9,17H,6,10-11H2,1-2H3,(H,15,18). The molecule has 0 unspecified atom stereocenters. The number of benzene rings is 1. The summed E-state index contributed by atoms with van der Waals surface area (Å²) in [5.74, 6) is 5.87. The Labute approximate surface area is 108 Å². The number of nitrogens with one attached hydrogen (secondary N) is 1. The maximum atomic E-state index is 11.4. The van der Waals surface area contributed by atoms with Gasteiger partial charge in [-0.05, 0) is 11.6 Å². The third-order valence-electron chi connectivity index (χ3n) is 2.31. The summed E-state index contributed by atoms with van der Waals surface area (Å²) in [5, 5.41) is 11.5. The third-order valence-corrected chi connectivity index (χ3v) is 2.31. The zero-order valence-electron chi connectivity index (χ0n) is 10.7. The van der Waals surface area contributed by atoms with E-state index in [1.165, 1.54) is 4.90 Å². The molecule has 0 atom stereocenters. The van der Waals surface area contributed by atoms with Crippen molar-refractivity contribution in [2.24, 2.45) is 0 Å². The van der Waals surface area contributed by atoms with Crippen molar-refractivity contribution >= 4 is 6.03 Å². The summed E-state index contributed by atoms with van der Waals surface area (Å²) in [6.07, 6.45) is 0.457. The van der Waals surface area contributed by atoms with Crippen LogP contribution < -0.4 is 5.32 Å². The second-order valence-electron chi connectivity index (χ2n) is 3.99.